The molecule has 0 aromatic carbocycles. The Bertz CT molecular complexity index is 178. The molecule has 4 heteroatoms. The van der Waals surface area contributed by atoms with Gasteiger partial charge in [-0.1, -0.05) is 13.3 Å². The van der Waals surface area contributed by atoms with E-state index in [1.807, 2.05) is 6.92 Å². The molecule has 1 aliphatic heterocycles. The lowest BCUT2D eigenvalue weighted by atomic mass is 10.1. The van der Waals surface area contributed by atoms with Crippen molar-refractivity contribution in [1.82, 2.24) is 5.32 Å². The van der Waals surface area contributed by atoms with E-state index in [0.29, 0.717) is 6.61 Å². The highest BCUT2D eigenvalue weighted by molar-refractivity contribution is 5.75. The summed E-state index contributed by atoms with van der Waals surface area (Å²) in [6.07, 6.45) is 2.73. The minimum absolute atomic E-state index is 0.107. The van der Waals surface area contributed by atoms with E-state index in [0.717, 1.165) is 32.2 Å². The smallest absolute Gasteiger partial charge is 0.336 e. The third kappa shape index (κ3) is 3.27. The minimum atomic E-state index is -0.991. The summed E-state index contributed by atoms with van der Waals surface area (Å²) >= 11 is 0. The van der Waals surface area contributed by atoms with Crippen molar-refractivity contribution in [3.05, 3.63) is 0 Å². The van der Waals surface area contributed by atoms with E-state index in [4.69, 9.17) is 4.74 Å². The maximum Gasteiger partial charge on any atom is 0.336 e. The predicted molar refractivity (Wildman–Crippen MR) is 52.9 cm³/mol. The van der Waals surface area contributed by atoms with Gasteiger partial charge >= 0.3 is 5.97 Å². The average molecular weight is 201 g/mol. The summed E-state index contributed by atoms with van der Waals surface area (Å²) in [5.74, 6) is -0.488. The maximum absolute atomic E-state index is 11.3. The lowest BCUT2D eigenvalue weighted by Crippen LogP contribution is -2.41. The molecule has 0 aliphatic carbocycles. The number of aliphatic hydroxyl groups excluding tert-OH is 1. The Morgan fingerprint density at radius 2 is 2.50 bits per heavy atom. The Balaban J connectivity index is 2.21. The second kappa shape index (κ2) is 5.98. The first-order valence-electron chi connectivity index (χ1n) is 5.33. The van der Waals surface area contributed by atoms with Gasteiger partial charge in [-0.15, -0.1) is 0 Å². The van der Waals surface area contributed by atoms with Crippen LogP contribution in [0.1, 0.15) is 32.6 Å². The van der Waals surface area contributed by atoms with Crippen LogP contribution in [0.4, 0.5) is 0 Å². The predicted octanol–water partition coefficient (Wildman–Crippen LogP) is 0.443. The van der Waals surface area contributed by atoms with Gasteiger partial charge in [0.25, 0.3) is 0 Å². The molecular formula is C10H19NO3. The molecule has 0 spiro atoms. The van der Waals surface area contributed by atoms with Crippen LogP contribution >= 0.6 is 0 Å². The van der Waals surface area contributed by atoms with Gasteiger partial charge in [-0.2, -0.15) is 0 Å². The second-order valence-electron chi connectivity index (χ2n) is 3.67. The van der Waals surface area contributed by atoms with Gasteiger partial charge in [-0.05, 0) is 25.8 Å². The molecule has 4 nitrogen and oxygen atoms in total. The standard InChI is InChI=1S/C10H19NO3/c1-2-3-7-14-10(13)9(12)8-5-4-6-11-8/h8-9,11-12H,2-7H2,1H3/t8-,9?/m0/s1. The third-order valence-electron chi connectivity index (χ3n) is 2.46. The molecule has 1 unspecified atom stereocenters. The average Bonchev–Trinajstić information content (AvgIpc) is 2.69. The zero-order valence-electron chi connectivity index (χ0n) is 8.66. The van der Waals surface area contributed by atoms with Crippen LogP contribution in [-0.4, -0.2) is 36.4 Å². The number of aliphatic hydroxyl groups is 1. The molecule has 0 aromatic heterocycles. The SMILES string of the molecule is CCCCOC(=O)C(O)[C@@H]1CCCN1. The van der Waals surface area contributed by atoms with E-state index < -0.39 is 12.1 Å². The topological polar surface area (TPSA) is 58.6 Å². The summed E-state index contributed by atoms with van der Waals surface area (Å²) in [5.41, 5.74) is 0. The van der Waals surface area contributed by atoms with Gasteiger partial charge in [0, 0.05) is 6.04 Å². The Labute approximate surface area is 84.6 Å². The first-order chi connectivity index (χ1) is 6.75. The largest absolute Gasteiger partial charge is 0.464 e. The van der Waals surface area contributed by atoms with Gasteiger partial charge in [-0.3, -0.25) is 0 Å². The number of rotatable bonds is 5. The Morgan fingerprint density at radius 3 is 3.07 bits per heavy atom. The van der Waals surface area contributed by atoms with Crippen molar-refractivity contribution in [1.29, 1.82) is 0 Å². The molecule has 1 fully saturated rings. The summed E-state index contributed by atoms with van der Waals surface area (Å²) in [6, 6.07) is -0.107. The molecule has 2 atom stereocenters. The zero-order valence-corrected chi connectivity index (χ0v) is 8.66. The fourth-order valence-electron chi connectivity index (χ4n) is 1.55. The summed E-state index contributed by atoms with van der Waals surface area (Å²) in [5, 5.41) is 12.7. The van der Waals surface area contributed by atoms with E-state index in [-0.39, 0.29) is 6.04 Å². The van der Waals surface area contributed by atoms with Crippen molar-refractivity contribution in [2.24, 2.45) is 0 Å². The summed E-state index contributed by atoms with van der Waals surface area (Å²) < 4.78 is 4.93. The van der Waals surface area contributed by atoms with Crippen LogP contribution in [0.3, 0.4) is 0 Å². The molecule has 0 aromatic rings. The van der Waals surface area contributed by atoms with Gasteiger partial charge < -0.3 is 15.2 Å². The van der Waals surface area contributed by atoms with Crippen LogP contribution in [-0.2, 0) is 9.53 Å². The number of hydrogen-bond donors (Lipinski definition) is 2. The van der Waals surface area contributed by atoms with Gasteiger partial charge in [0.15, 0.2) is 6.10 Å². The molecule has 0 radical (unpaired) electrons. The van der Waals surface area contributed by atoms with E-state index in [9.17, 15) is 9.90 Å². The summed E-state index contributed by atoms with van der Waals surface area (Å²) in [4.78, 5) is 11.3. The van der Waals surface area contributed by atoms with Crippen LogP contribution in [0, 0.1) is 0 Å². The number of hydrogen-bond acceptors (Lipinski definition) is 4. The Kier molecular flexibility index (Phi) is 4.90. The molecule has 0 amide bonds. The number of carbonyl (C=O) groups excluding carboxylic acids is 1. The quantitative estimate of drug-likeness (QED) is 0.500. The van der Waals surface area contributed by atoms with Crippen LogP contribution in [0.15, 0.2) is 0 Å². The molecule has 82 valence electrons. The molecule has 1 aliphatic rings. The summed E-state index contributed by atoms with van der Waals surface area (Å²) in [7, 11) is 0. The molecule has 1 saturated heterocycles. The number of carbonyl (C=O) groups is 1. The molecule has 1 heterocycles. The number of esters is 1. The Hall–Kier alpha value is -0.610. The van der Waals surface area contributed by atoms with Crippen molar-refractivity contribution >= 4 is 5.97 Å². The fourth-order valence-corrected chi connectivity index (χ4v) is 1.55. The van der Waals surface area contributed by atoms with Gasteiger partial charge in [0.2, 0.25) is 0 Å². The number of ether oxygens (including phenoxy) is 1. The zero-order chi connectivity index (χ0) is 10.4. The monoisotopic (exact) mass is 201 g/mol. The lowest BCUT2D eigenvalue weighted by Gasteiger charge is -2.16. The highest BCUT2D eigenvalue weighted by Crippen LogP contribution is 2.10. The van der Waals surface area contributed by atoms with E-state index in [2.05, 4.69) is 5.32 Å². The highest BCUT2D eigenvalue weighted by Gasteiger charge is 2.29. The van der Waals surface area contributed by atoms with Crippen molar-refractivity contribution < 1.29 is 14.6 Å². The van der Waals surface area contributed by atoms with E-state index >= 15 is 0 Å². The molecule has 2 N–H and O–H groups in total. The Morgan fingerprint density at radius 1 is 1.71 bits per heavy atom. The fraction of sp³-hybridized carbons (Fsp3) is 0.900. The van der Waals surface area contributed by atoms with Crippen molar-refractivity contribution in [2.75, 3.05) is 13.2 Å². The molecule has 0 saturated carbocycles. The van der Waals surface area contributed by atoms with Gasteiger partial charge in [0.1, 0.15) is 0 Å². The number of nitrogens with one attached hydrogen (secondary N) is 1. The second-order valence-corrected chi connectivity index (χ2v) is 3.67. The first kappa shape index (κ1) is 11.5. The lowest BCUT2D eigenvalue weighted by molar-refractivity contribution is -0.155. The minimum Gasteiger partial charge on any atom is -0.464 e. The first-order valence-corrected chi connectivity index (χ1v) is 5.33. The molecular weight excluding hydrogens is 182 g/mol. The summed E-state index contributed by atoms with van der Waals surface area (Å²) in [6.45, 7) is 3.33. The normalized spacial score (nSPS) is 23.4. The molecule has 1 rings (SSSR count). The highest BCUT2D eigenvalue weighted by atomic mass is 16.5. The van der Waals surface area contributed by atoms with E-state index in [1.54, 1.807) is 0 Å². The van der Waals surface area contributed by atoms with E-state index in [1.165, 1.54) is 0 Å². The maximum atomic E-state index is 11.3. The van der Waals surface area contributed by atoms with Gasteiger partial charge in [0.05, 0.1) is 6.61 Å². The molecule has 14 heavy (non-hydrogen) atoms. The van der Waals surface area contributed by atoms with Crippen LogP contribution in [0.25, 0.3) is 0 Å². The third-order valence-corrected chi connectivity index (χ3v) is 2.46. The van der Waals surface area contributed by atoms with Crippen LogP contribution in [0.5, 0.6) is 0 Å². The number of unbranched alkanes of at least 4 members (excludes halogenated alkanes) is 1. The van der Waals surface area contributed by atoms with Crippen LogP contribution < -0.4 is 5.32 Å². The van der Waals surface area contributed by atoms with Crippen LogP contribution in [0.2, 0.25) is 0 Å². The molecule has 0 bridgehead atoms. The van der Waals surface area contributed by atoms with Crippen molar-refractivity contribution in [3.8, 4) is 0 Å². The van der Waals surface area contributed by atoms with Gasteiger partial charge in [-0.25, -0.2) is 4.79 Å². The van der Waals surface area contributed by atoms with Crippen molar-refractivity contribution in [3.63, 3.8) is 0 Å². The van der Waals surface area contributed by atoms with Crippen molar-refractivity contribution in [2.45, 2.75) is 44.8 Å².